The van der Waals surface area contributed by atoms with Gasteiger partial charge < -0.3 is 10.6 Å². The summed E-state index contributed by atoms with van der Waals surface area (Å²) >= 11 is 0. The maximum absolute atomic E-state index is 4.87. The van der Waals surface area contributed by atoms with E-state index in [1.807, 2.05) is 12.3 Å². The lowest BCUT2D eigenvalue weighted by molar-refractivity contribution is 0.196. The molecule has 1 aromatic heterocycles. The lowest BCUT2D eigenvalue weighted by atomic mass is 10.0. The molecule has 1 saturated heterocycles. The van der Waals surface area contributed by atoms with Gasteiger partial charge in [-0.1, -0.05) is 48.5 Å². The second kappa shape index (κ2) is 12.7. The van der Waals surface area contributed by atoms with Crippen molar-refractivity contribution in [2.45, 2.75) is 38.8 Å². The van der Waals surface area contributed by atoms with Gasteiger partial charge in [0.2, 0.25) is 0 Å². The van der Waals surface area contributed by atoms with Crippen molar-refractivity contribution >= 4 is 40.7 Å². The van der Waals surface area contributed by atoms with Crippen LogP contribution in [0.2, 0.25) is 0 Å². The molecule has 0 bridgehead atoms. The Hall–Kier alpha value is -2.19. The fraction of sp³-hybridized carbons (Fsp3) is 0.385. The molecule has 2 aromatic carbocycles. The van der Waals surface area contributed by atoms with E-state index in [1.54, 1.807) is 0 Å². The molecule has 0 saturated carbocycles. The normalized spacial score (nSPS) is 15.3. The summed E-state index contributed by atoms with van der Waals surface area (Å²) in [5.74, 6) is 0.936. The van der Waals surface area contributed by atoms with Crippen LogP contribution in [-0.4, -0.2) is 48.1 Å². The smallest absolute Gasteiger partial charge is 0.191 e. The molecule has 4 rings (SSSR count). The summed E-state index contributed by atoms with van der Waals surface area (Å²) in [5, 5.41) is 9.71. The molecular weight excluding hydrogens is 509 g/mol. The zero-order valence-electron chi connectivity index (χ0n) is 18.8. The van der Waals surface area contributed by atoms with Crippen LogP contribution in [0.15, 0.2) is 71.9 Å². The Balaban J connectivity index is 0.00000289. The molecule has 32 heavy (non-hydrogen) atoms. The molecule has 1 aliphatic rings. The Morgan fingerprint density at radius 3 is 2.59 bits per heavy atom. The summed E-state index contributed by atoms with van der Waals surface area (Å²) in [6.07, 6.45) is 5.07. The molecule has 6 heteroatoms. The van der Waals surface area contributed by atoms with Gasteiger partial charge in [-0.2, -0.15) is 0 Å². The maximum Gasteiger partial charge on any atom is 0.191 e. The molecular formula is C26H34IN5. The van der Waals surface area contributed by atoms with Crippen LogP contribution >= 0.6 is 24.0 Å². The second-order valence-corrected chi connectivity index (χ2v) is 8.16. The van der Waals surface area contributed by atoms with Crippen molar-refractivity contribution in [1.82, 2.24) is 20.5 Å². The molecule has 0 radical (unpaired) electrons. The zero-order chi connectivity index (χ0) is 21.3. The molecule has 0 atom stereocenters. The highest BCUT2D eigenvalue weighted by molar-refractivity contribution is 14.0. The molecule has 1 aliphatic heterocycles. The molecule has 5 nitrogen and oxygen atoms in total. The zero-order valence-corrected chi connectivity index (χ0v) is 21.2. The quantitative estimate of drug-likeness (QED) is 0.260. The SMILES string of the molecule is CCNC(=NCCc1cccc2ccccc12)NC1CCN(Cc2ccccn2)CC1.I. The average molecular weight is 543 g/mol. The summed E-state index contributed by atoms with van der Waals surface area (Å²) < 4.78 is 0. The van der Waals surface area contributed by atoms with Gasteiger partial charge >= 0.3 is 0 Å². The second-order valence-electron chi connectivity index (χ2n) is 8.16. The van der Waals surface area contributed by atoms with Crippen LogP contribution in [0.4, 0.5) is 0 Å². The van der Waals surface area contributed by atoms with Crippen molar-refractivity contribution in [2.75, 3.05) is 26.2 Å². The monoisotopic (exact) mass is 543 g/mol. The first-order valence-corrected chi connectivity index (χ1v) is 11.5. The van der Waals surface area contributed by atoms with Crippen molar-refractivity contribution in [3.63, 3.8) is 0 Å². The summed E-state index contributed by atoms with van der Waals surface area (Å²) in [6, 6.07) is 21.7. The number of benzene rings is 2. The Morgan fingerprint density at radius 2 is 1.81 bits per heavy atom. The number of hydrogen-bond acceptors (Lipinski definition) is 3. The number of hydrogen-bond donors (Lipinski definition) is 2. The Labute approximate surface area is 208 Å². The maximum atomic E-state index is 4.87. The van der Waals surface area contributed by atoms with E-state index in [-0.39, 0.29) is 24.0 Å². The van der Waals surface area contributed by atoms with Crippen LogP contribution in [0.25, 0.3) is 10.8 Å². The van der Waals surface area contributed by atoms with Gasteiger partial charge in [0, 0.05) is 45.0 Å². The van der Waals surface area contributed by atoms with E-state index in [0.29, 0.717) is 6.04 Å². The van der Waals surface area contributed by atoms with Crippen molar-refractivity contribution in [3.05, 3.63) is 78.1 Å². The molecule has 0 unspecified atom stereocenters. The number of guanidine groups is 1. The first-order chi connectivity index (χ1) is 15.3. The van der Waals surface area contributed by atoms with Crippen LogP contribution in [-0.2, 0) is 13.0 Å². The number of likely N-dealkylation sites (tertiary alicyclic amines) is 1. The standard InChI is InChI=1S/C26H33N5.HI/c1-2-27-26(29-17-13-22-10-7-9-21-8-3-4-12-25(21)22)30-23-14-18-31(19-15-23)20-24-11-5-6-16-28-24;/h3-12,16,23H,2,13-15,17-20H2,1H3,(H2,27,29,30);1H. The van der Waals surface area contributed by atoms with Crippen molar-refractivity contribution in [2.24, 2.45) is 4.99 Å². The van der Waals surface area contributed by atoms with Gasteiger partial charge in [0.15, 0.2) is 5.96 Å². The van der Waals surface area contributed by atoms with Crippen LogP contribution < -0.4 is 10.6 Å². The highest BCUT2D eigenvalue weighted by Crippen LogP contribution is 2.19. The van der Waals surface area contributed by atoms with E-state index in [9.17, 15) is 0 Å². The van der Waals surface area contributed by atoms with Gasteiger partial charge in [0.25, 0.3) is 0 Å². The first-order valence-electron chi connectivity index (χ1n) is 11.5. The third-order valence-corrected chi connectivity index (χ3v) is 5.92. The molecule has 2 N–H and O–H groups in total. The highest BCUT2D eigenvalue weighted by atomic mass is 127. The van der Waals surface area contributed by atoms with Gasteiger partial charge in [0.05, 0.1) is 5.69 Å². The summed E-state index contributed by atoms with van der Waals surface area (Å²) in [5.41, 5.74) is 2.51. The van der Waals surface area contributed by atoms with E-state index in [4.69, 9.17) is 4.99 Å². The molecule has 0 amide bonds. The number of rotatable bonds is 7. The molecule has 2 heterocycles. The molecule has 0 aliphatic carbocycles. The summed E-state index contributed by atoms with van der Waals surface area (Å²) in [4.78, 5) is 11.8. The fourth-order valence-electron chi connectivity index (χ4n) is 4.27. The number of nitrogens with zero attached hydrogens (tertiary/aromatic N) is 3. The molecule has 0 spiro atoms. The Morgan fingerprint density at radius 1 is 1.03 bits per heavy atom. The van der Waals surface area contributed by atoms with Crippen molar-refractivity contribution in [1.29, 1.82) is 0 Å². The average Bonchev–Trinajstić information content (AvgIpc) is 2.81. The third-order valence-electron chi connectivity index (χ3n) is 5.92. The van der Waals surface area contributed by atoms with Gasteiger partial charge in [-0.3, -0.25) is 14.9 Å². The lowest BCUT2D eigenvalue weighted by Crippen LogP contribution is -2.48. The van der Waals surface area contributed by atoms with Crippen LogP contribution in [0.1, 0.15) is 31.0 Å². The summed E-state index contributed by atoms with van der Waals surface area (Å²) in [7, 11) is 0. The first kappa shape index (κ1) is 24.5. The highest BCUT2D eigenvalue weighted by Gasteiger charge is 2.20. The van der Waals surface area contributed by atoms with E-state index in [0.717, 1.165) is 63.6 Å². The predicted octanol–water partition coefficient (Wildman–Crippen LogP) is 4.62. The van der Waals surface area contributed by atoms with Crippen LogP contribution in [0.3, 0.4) is 0 Å². The largest absolute Gasteiger partial charge is 0.357 e. The van der Waals surface area contributed by atoms with E-state index >= 15 is 0 Å². The molecule has 1 fully saturated rings. The number of fused-ring (bicyclic) bond motifs is 1. The number of aromatic nitrogens is 1. The minimum atomic E-state index is 0. The van der Waals surface area contributed by atoms with Crippen molar-refractivity contribution < 1.29 is 0 Å². The number of aliphatic imine (C=N–C) groups is 1. The van der Waals surface area contributed by atoms with Gasteiger partial charge in [-0.05, 0) is 54.7 Å². The van der Waals surface area contributed by atoms with Gasteiger partial charge in [-0.15, -0.1) is 24.0 Å². The van der Waals surface area contributed by atoms with E-state index < -0.39 is 0 Å². The van der Waals surface area contributed by atoms with Crippen LogP contribution in [0.5, 0.6) is 0 Å². The van der Waals surface area contributed by atoms with E-state index in [2.05, 4.69) is 82.0 Å². The Kier molecular flexibility index (Phi) is 9.74. The molecule has 3 aromatic rings. The lowest BCUT2D eigenvalue weighted by Gasteiger charge is -2.32. The van der Waals surface area contributed by atoms with Gasteiger partial charge in [0.1, 0.15) is 0 Å². The number of pyridine rings is 1. The molecule has 170 valence electrons. The van der Waals surface area contributed by atoms with E-state index in [1.165, 1.54) is 16.3 Å². The third kappa shape index (κ3) is 6.90. The number of halogens is 1. The van der Waals surface area contributed by atoms with Crippen LogP contribution in [0, 0.1) is 0 Å². The van der Waals surface area contributed by atoms with Gasteiger partial charge in [-0.25, -0.2) is 0 Å². The Bertz CT molecular complexity index is 978. The topological polar surface area (TPSA) is 52.6 Å². The minimum Gasteiger partial charge on any atom is -0.357 e. The summed E-state index contributed by atoms with van der Waals surface area (Å²) in [6.45, 7) is 6.89. The minimum absolute atomic E-state index is 0. The number of nitrogens with one attached hydrogen (secondary N) is 2. The predicted molar refractivity (Wildman–Crippen MR) is 145 cm³/mol. The fourth-order valence-corrected chi connectivity index (χ4v) is 4.27. The van der Waals surface area contributed by atoms with Crippen molar-refractivity contribution in [3.8, 4) is 0 Å². The number of piperidine rings is 1.